The van der Waals surface area contributed by atoms with Crippen LogP contribution in [-0.2, 0) is 6.54 Å². The maximum Gasteiger partial charge on any atom is 0.121 e. The first-order chi connectivity index (χ1) is 8.24. The van der Waals surface area contributed by atoms with Gasteiger partial charge in [-0.2, -0.15) is 0 Å². The van der Waals surface area contributed by atoms with Crippen molar-refractivity contribution in [1.82, 2.24) is 4.90 Å². The van der Waals surface area contributed by atoms with E-state index in [1.54, 1.807) is 0 Å². The molecule has 2 atom stereocenters. The molecule has 92 valence electrons. The molecule has 0 spiro atoms. The topological polar surface area (TPSA) is 29.3 Å². The molecule has 0 radical (unpaired) electrons. The van der Waals surface area contributed by atoms with Gasteiger partial charge in [0.15, 0.2) is 0 Å². The minimum atomic E-state index is -0.929. The predicted molar refractivity (Wildman–Crippen MR) is 66.2 cm³/mol. The lowest BCUT2D eigenvalue weighted by Gasteiger charge is -2.21. The van der Waals surface area contributed by atoms with Crippen molar-refractivity contribution in [3.05, 3.63) is 35.9 Å². The van der Waals surface area contributed by atoms with E-state index in [9.17, 15) is 4.39 Å². The van der Waals surface area contributed by atoms with Crippen LogP contribution < -0.4 is 5.73 Å². The Bertz CT molecular complexity index is 380. The second kappa shape index (κ2) is 4.07. The monoisotopic (exact) mass is 234 g/mol. The van der Waals surface area contributed by atoms with E-state index in [1.165, 1.54) is 5.56 Å². The molecule has 1 saturated heterocycles. The zero-order chi connectivity index (χ0) is 11.9. The fourth-order valence-electron chi connectivity index (χ4n) is 3.32. The third-order valence-corrected chi connectivity index (χ3v) is 4.30. The number of fused-ring (bicyclic) bond motifs is 1. The van der Waals surface area contributed by atoms with E-state index in [0.717, 1.165) is 19.6 Å². The molecule has 3 rings (SSSR count). The summed E-state index contributed by atoms with van der Waals surface area (Å²) in [5, 5.41) is 0. The van der Waals surface area contributed by atoms with Crippen LogP contribution in [-0.4, -0.2) is 30.2 Å². The SMILES string of the molecule is NCCC1(F)[C@@H]2CN(Cc3ccccc3)C[C@H]21. The maximum absolute atomic E-state index is 14.2. The lowest BCUT2D eigenvalue weighted by Crippen LogP contribution is -2.30. The van der Waals surface area contributed by atoms with Gasteiger partial charge in [-0.3, -0.25) is 4.90 Å². The van der Waals surface area contributed by atoms with Crippen LogP contribution in [0.1, 0.15) is 12.0 Å². The van der Waals surface area contributed by atoms with E-state index in [-0.39, 0.29) is 11.8 Å². The van der Waals surface area contributed by atoms with Gasteiger partial charge in [0, 0.05) is 31.5 Å². The summed E-state index contributed by atoms with van der Waals surface area (Å²) in [6.45, 7) is 3.22. The summed E-state index contributed by atoms with van der Waals surface area (Å²) in [6.07, 6.45) is 0.543. The number of nitrogens with zero attached hydrogens (tertiary/aromatic N) is 1. The van der Waals surface area contributed by atoms with Crippen molar-refractivity contribution in [2.24, 2.45) is 17.6 Å². The van der Waals surface area contributed by atoms with Gasteiger partial charge in [0.1, 0.15) is 5.67 Å². The minimum absolute atomic E-state index is 0.245. The molecule has 2 aliphatic rings. The van der Waals surface area contributed by atoms with Crippen LogP contribution in [0.3, 0.4) is 0 Å². The van der Waals surface area contributed by atoms with E-state index in [4.69, 9.17) is 5.73 Å². The summed E-state index contributed by atoms with van der Waals surface area (Å²) in [5.41, 5.74) is 5.85. The predicted octanol–water partition coefficient (Wildman–Crippen LogP) is 1.81. The number of benzene rings is 1. The van der Waals surface area contributed by atoms with Gasteiger partial charge in [0.2, 0.25) is 0 Å². The molecule has 1 saturated carbocycles. The summed E-state index contributed by atoms with van der Waals surface area (Å²) in [7, 11) is 0. The van der Waals surface area contributed by atoms with Gasteiger partial charge in [-0.25, -0.2) is 4.39 Å². The zero-order valence-electron chi connectivity index (χ0n) is 9.98. The third kappa shape index (κ3) is 1.87. The second-order valence-corrected chi connectivity index (χ2v) is 5.36. The summed E-state index contributed by atoms with van der Waals surface area (Å²) in [5.74, 6) is 0.490. The Kier molecular flexibility index (Phi) is 2.68. The first-order valence-corrected chi connectivity index (χ1v) is 6.39. The Labute approximate surface area is 102 Å². The molecular weight excluding hydrogens is 215 g/mol. The highest BCUT2D eigenvalue weighted by Gasteiger charge is 2.68. The quantitative estimate of drug-likeness (QED) is 0.861. The van der Waals surface area contributed by atoms with Crippen LogP contribution in [0.4, 0.5) is 4.39 Å². The van der Waals surface area contributed by atoms with Crippen molar-refractivity contribution in [1.29, 1.82) is 0 Å². The minimum Gasteiger partial charge on any atom is -0.330 e. The maximum atomic E-state index is 14.2. The Balaban J connectivity index is 1.56. The summed E-state index contributed by atoms with van der Waals surface area (Å²) in [6, 6.07) is 10.4. The first-order valence-electron chi connectivity index (χ1n) is 6.39. The van der Waals surface area contributed by atoms with E-state index in [1.807, 2.05) is 6.07 Å². The van der Waals surface area contributed by atoms with Crippen LogP contribution in [0.2, 0.25) is 0 Å². The number of nitrogens with two attached hydrogens (primary N) is 1. The molecular formula is C14H19FN2. The Morgan fingerprint density at radius 2 is 1.88 bits per heavy atom. The van der Waals surface area contributed by atoms with Crippen molar-refractivity contribution in [3.63, 3.8) is 0 Å². The van der Waals surface area contributed by atoms with Crippen LogP contribution >= 0.6 is 0 Å². The van der Waals surface area contributed by atoms with Crippen LogP contribution in [0, 0.1) is 11.8 Å². The molecule has 0 aromatic heterocycles. The molecule has 3 heteroatoms. The summed E-state index contributed by atoms with van der Waals surface area (Å²) in [4.78, 5) is 2.36. The number of rotatable bonds is 4. The van der Waals surface area contributed by atoms with Gasteiger partial charge < -0.3 is 5.73 Å². The molecule has 0 bridgehead atoms. The van der Waals surface area contributed by atoms with Crippen molar-refractivity contribution >= 4 is 0 Å². The van der Waals surface area contributed by atoms with Gasteiger partial charge in [-0.05, 0) is 18.5 Å². The molecule has 2 N–H and O–H groups in total. The molecule has 1 aliphatic heterocycles. The number of piperidine rings is 1. The van der Waals surface area contributed by atoms with E-state index in [0.29, 0.717) is 13.0 Å². The number of hydrogen-bond acceptors (Lipinski definition) is 2. The number of alkyl halides is 1. The second-order valence-electron chi connectivity index (χ2n) is 5.36. The summed E-state index contributed by atoms with van der Waals surface area (Å²) < 4.78 is 14.2. The molecule has 1 heterocycles. The molecule has 1 aliphatic carbocycles. The van der Waals surface area contributed by atoms with Gasteiger partial charge in [0.05, 0.1) is 0 Å². The van der Waals surface area contributed by atoms with Gasteiger partial charge >= 0.3 is 0 Å². The standard InChI is InChI=1S/C14H19FN2/c15-14(6-7-16)12-9-17(10-13(12)14)8-11-4-2-1-3-5-11/h1-5,12-13H,6-10,16H2/t12-,13-/m1/s1. The molecule has 2 nitrogen and oxygen atoms in total. The molecule has 1 aromatic rings. The Morgan fingerprint density at radius 1 is 1.24 bits per heavy atom. The van der Waals surface area contributed by atoms with Crippen LogP contribution in [0.15, 0.2) is 30.3 Å². The average Bonchev–Trinajstić information content (AvgIpc) is 2.73. The highest BCUT2D eigenvalue weighted by atomic mass is 19.1. The van der Waals surface area contributed by atoms with Crippen LogP contribution in [0.25, 0.3) is 0 Å². The fraction of sp³-hybridized carbons (Fsp3) is 0.571. The van der Waals surface area contributed by atoms with E-state index in [2.05, 4.69) is 29.2 Å². The van der Waals surface area contributed by atoms with Gasteiger partial charge in [-0.15, -0.1) is 0 Å². The zero-order valence-corrected chi connectivity index (χ0v) is 9.98. The first kappa shape index (κ1) is 11.2. The van der Waals surface area contributed by atoms with Gasteiger partial charge in [-0.1, -0.05) is 30.3 Å². The normalized spacial score (nSPS) is 35.9. The lowest BCUT2D eigenvalue weighted by atomic mass is 10.1. The molecule has 2 fully saturated rings. The smallest absolute Gasteiger partial charge is 0.121 e. The summed E-state index contributed by atoms with van der Waals surface area (Å²) >= 11 is 0. The Morgan fingerprint density at radius 3 is 2.47 bits per heavy atom. The van der Waals surface area contributed by atoms with Crippen LogP contribution in [0.5, 0.6) is 0 Å². The van der Waals surface area contributed by atoms with Crippen molar-refractivity contribution in [2.45, 2.75) is 18.6 Å². The van der Waals surface area contributed by atoms with Gasteiger partial charge in [0.25, 0.3) is 0 Å². The molecule has 17 heavy (non-hydrogen) atoms. The molecule has 1 aromatic carbocycles. The highest BCUT2D eigenvalue weighted by Crippen LogP contribution is 2.60. The van der Waals surface area contributed by atoms with Crippen molar-refractivity contribution in [3.8, 4) is 0 Å². The molecule has 0 unspecified atom stereocenters. The molecule has 0 amide bonds. The van der Waals surface area contributed by atoms with E-state index < -0.39 is 5.67 Å². The number of halogens is 1. The fourth-order valence-corrected chi connectivity index (χ4v) is 3.32. The third-order valence-electron chi connectivity index (χ3n) is 4.30. The average molecular weight is 234 g/mol. The van der Waals surface area contributed by atoms with Crippen molar-refractivity contribution < 1.29 is 4.39 Å². The lowest BCUT2D eigenvalue weighted by molar-refractivity contribution is 0.172. The number of hydrogen-bond donors (Lipinski definition) is 1. The number of likely N-dealkylation sites (tertiary alicyclic amines) is 1. The Hall–Kier alpha value is -0.930. The largest absolute Gasteiger partial charge is 0.330 e. The van der Waals surface area contributed by atoms with Crippen molar-refractivity contribution in [2.75, 3.05) is 19.6 Å². The highest BCUT2D eigenvalue weighted by molar-refractivity contribution is 5.20. The van der Waals surface area contributed by atoms with E-state index >= 15 is 0 Å².